The third-order valence-corrected chi connectivity index (χ3v) is 6.13. The number of aryl methyl sites for hydroxylation is 3. The number of fused-ring (bicyclic) bond motifs is 3. The fourth-order valence-electron chi connectivity index (χ4n) is 3.54. The van der Waals surface area contributed by atoms with Gasteiger partial charge in [0.05, 0.1) is 18.9 Å². The molecule has 0 unspecified atom stereocenters. The fraction of sp³-hybridized carbons (Fsp3) is 0.381. The maximum atomic E-state index is 11.5. The summed E-state index contributed by atoms with van der Waals surface area (Å²) in [7, 11) is 1.41. The summed E-state index contributed by atoms with van der Waals surface area (Å²) in [6, 6.07) is 10.3. The van der Waals surface area contributed by atoms with Crippen LogP contribution in [0.3, 0.4) is 0 Å². The van der Waals surface area contributed by atoms with Gasteiger partial charge in [-0.1, -0.05) is 30.3 Å². The summed E-state index contributed by atoms with van der Waals surface area (Å²) >= 11 is 1.78. The zero-order valence-electron chi connectivity index (χ0n) is 15.5. The molecule has 2 heterocycles. The van der Waals surface area contributed by atoms with E-state index in [0.29, 0.717) is 25.2 Å². The highest BCUT2D eigenvalue weighted by atomic mass is 32.1. The van der Waals surface area contributed by atoms with Crippen LogP contribution in [-0.2, 0) is 35.3 Å². The van der Waals surface area contributed by atoms with E-state index in [1.54, 1.807) is 11.3 Å². The van der Waals surface area contributed by atoms with E-state index in [-0.39, 0.29) is 5.97 Å². The highest BCUT2D eigenvalue weighted by Crippen LogP contribution is 2.38. The largest absolute Gasteiger partial charge is 0.469 e. The zero-order valence-corrected chi connectivity index (χ0v) is 16.3. The van der Waals surface area contributed by atoms with Crippen molar-refractivity contribution in [1.29, 1.82) is 0 Å². The molecule has 6 heteroatoms. The minimum absolute atomic E-state index is 0.233. The molecule has 4 rings (SSSR count). The van der Waals surface area contributed by atoms with Crippen LogP contribution in [0.4, 0.5) is 5.82 Å². The van der Waals surface area contributed by atoms with Gasteiger partial charge in [0.2, 0.25) is 0 Å². The number of benzene rings is 1. The number of nitrogens with one attached hydrogen (secondary N) is 1. The molecule has 1 aromatic carbocycles. The molecule has 0 spiro atoms. The Morgan fingerprint density at radius 3 is 2.81 bits per heavy atom. The van der Waals surface area contributed by atoms with Crippen LogP contribution >= 0.6 is 11.3 Å². The number of hydrogen-bond donors (Lipinski definition) is 1. The van der Waals surface area contributed by atoms with Crippen LogP contribution in [0.2, 0.25) is 0 Å². The van der Waals surface area contributed by atoms with Crippen LogP contribution < -0.4 is 5.32 Å². The molecule has 5 nitrogen and oxygen atoms in total. The minimum Gasteiger partial charge on any atom is -0.469 e. The summed E-state index contributed by atoms with van der Waals surface area (Å²) in [6.45, 7) is 0.716. The fourth-order valence-corrected chi connectivity index (χ4v) is 4.82. The molecular weight excluding hydrogens is 358 g/mol. The first kappa shape index (κ1) is 17.9. The molecule has 0 bridgehead atoms. The van der Waals surface area contributed by atoms with E-state index in [1.165, 1.54) is 41.3 Å². The molecule has 0 radical (unpaired) electrons. The van der Waals surface area contributed by atoms with Crippen molar-refractivity contribution in [2.24, 2.45) is 0 Å². The summed E-state index contributed by atoms with van der Waals surface area (Å²) in [6.07, 6.45) is 5.49. The Morgan fingerprint density at radius 2 is 2.00 bits per heavy atom. The smallest absolute Gasteiger partial charge is 0.305 e. The number of thiophene rings is 1. The lowest BCUT2D eigenvalue weighted by Crippen LogP contribution is -2.08. The van der Waals surface area contributed by atoms with Gasteiger partial charge >= 0.3 is 5.97 Å². The van der Waals surface area contributed by atoms with Gasteiger partial charge in [-0.3, -0.25) is 4.79 Å². The molecule has 1 aliphatic rings. The molecule has 0 fully saturated rings. The number of hydrogen-bond acceptors (Lipinski definition) is 6. The molecule has 140 valence electrons. The Hall–Kier alpha value is -2.47. The van der Waals surface area contributed by atoms with Gasteiger partial charge < -0.3 is 10.1 Å². The van der Waals surface area contributed by atoms with Gasteiger partial charge in [-0.05, 0) is 36.8 Å². The Labute approximate surface area is 162 Å². The molecule has 0 atom stereocenters. The first-order valence-corrected chi connectivity index (χ1v) is 10.2. The van der Waals surface area contributed by atoms with E-state index in [1.807, 2.05) is 18.2 Å². The normalized spacial score (nSPS) is 13.4. The summed E-state index contributed by atoms with van der Waals surface area (Å²) in [5.74, 6) is 1.35. The lowest BCUT2D eigenvalue weighted by molar-refractivity contribution is -0.140. The number of nitrogens with zero attached hydrogens (tertiary/aromatic N) is 2. The average molecular weight is 382 g/mol. The average Bonchev–Trinajstić information content (AvgIpc) is 3.09. The number of anilines is 1. The number of methoxy groups -OCH3 is 1. The van der Waals surface area contributed by atoms with E-state index in [4.69, 9.17) is 14.7 Å². The Kier molecular flexibility index (Phi) is 5.34. The maximum Gasteiger partial charge on any atom is 0.305 e. The minimum atomic E-state index is -0.233. The van der Waals surface area contributed by atoms with Crippen LogP contribution in [0.15, 0.2) is 30.3 Å². The highest BCUT2D eigenvalue weighted by molar-refractivity contribution is 7.19. The Morgan fingerprint density at radius 1 is 1.19 bits per heavy atom. The summed E-state index contributed by atoms with van der Waals surface area (Å²) in [5, 5.41) is 4.70. The van der Waals surface area contributed by atoms with E-state index in [0.717, 1.165) is 23.5 Å². The topological polar surface area (TPSA) is 64.1 Å². The van der Waals surface area contributed by atoms with Gasteiger partial charge in [-0.25, -0.2) is 9.97 Å². The third kappa shape index (κ3) is 3.95. The molecule has 1 N–H and O–H groups in total. The molecular formula is C21H23N3O2S. The van der Waals surface area contributed by atoms with Crippen molar-refractivity contribution >= 4 is 33.3 Å². The first-order chi connectivity index (χ1) is 13.2. The lowest BCUT2D eigenvalue weighted by atomic mass is 9.97. The van der Waals surface area contributed by atoms with E-state index >= 15 is 0 Å². The number of ether oxygens (including phenoxy) is 1. The summed E-state index contributed by atoms with van der Waals surface area (Å²) in [4.78, 5) is 23.5. The molecule has 0 saturated carbocycles. The van der Waals surface area contributed by atoms with Crippen molar-refractivity contribution in [3.05, 3.63) is 52.2 Å². The van der Waals surface area contributed by atoms with Crippen LogP contribution in [0.5, 0.6) is 0 Å². The van der Waals surface area contributed by atoms with Gasteiger partial charge in [-0.15, -0.1) is 11.3 Å². The number of carbonyl (C=O) groups excluding carboxylic acids is 1. The zero-order chi connectivity index (χ0) is 18.6. The monoisotopic (exact) mass is 381 g/mol. The van der Waals surface area contributed by atoms with E-state index in [9.17, 15) is 4.79 Å². The number of rotatable bonds is 6. The highest BCUT2D eigenvalue weighted by Gasteiger charge is 2.21. The van der Waals surface area contributed by atoms with E-state index in [2.05, 4.69) is 17.4 Å². The summed E-state index contributed by atoms with van der Waals surface area (Å²) < 4.78 is 4.75. The van der Waals surface area contributed by atoms with Gasteiger partial charge in [0.25, 0.3) is 0 Å². The van der Waals surface area contributed by atoms with Crippen molar-refractivity contribution in [3.8, 4) is 0 Å². The van der Waals surface area contributed by atoms with Gasteiger partial charge in [0, 0.05) is 17.8 Å². The van der Waals surface area contributed by atoms with E-state index < -0.39 is 0 Å². The molecule has 27 heavy (non-hydrogen) atoms. The van der Waals surface area contributed by atoms with Crippen molar-refractivity contribution in [2.75, 3.05) is 12.4 Å². The predicted molar refractivity (Wildman–Crippen MR) is 108 cm³/mol. The maximum absolute atomic E-state index is 11.5. The van der Waals surface area contributed by atoms with Crippen molar-refractivity contribution in [2.45, 2.75) is 45.1 Å². The SMILES string of the molecule is COC(=O)CCc1nc(NCc2ccccc2)c2c3c(sc2n1)CCCC3. The lowest BCUT2D eigenvalue weighted by Gasteiger charge is -2.13. The molecule has 0 amide bonds. The van der Waals surface area contributed by atoms with Crippen molar-refractivity contribution in [3.63, 3.8) is 0 Å². The first-order valence-electron chi connectivity index (χ1n) is 9.40. The quantitative estimate of drug-likeness (QED) is 0.646. The number of esters is 1. The van der Waals surface area contributed by atoms with Gasteiger partial charge in [-0.2, -0.15) is 0 Å². The second-order valence-electron chi connectivity index (χ2n) is 6.79. The standard InChI is InChI=1S/C21H23N3O2S/c1-26-18(25)12-11-17-23-20(22-13-14-7-3-2-4-8-14)19-15-9-5-6-10-16(15)27-21(19)24-17/h2-4,7-8H,5-6,9-13H2,1H3,(H,22,23,24). The molecule has 0 saturated heterocycles. The van der Waals surface area contributed by atoms with Crippen LogP contribution in [0, 0.1) is 0 Å². The van der Waals surface area contributed by atoms with Crippen LogP contribution in [-0.4, -0.2) is 23.0 Å². The predicted octanol–water partition coefficient (Wildman–Crippen LogP) is 4.29. The van der Waals surface area contributed by atoms with Crippen LogP contribution in [0.25, 0.3) is 10.2 Å². The molecule has 1 aliphatic carbocycles. The van der Waals surface area contributed by atoms with Crippen LogP contribution in [0.1, 0.15) is 41.1 Å². The second kappa shape index (κ2) is 8.05. The molecule has 0 aliphatic heterocycles. The Bertz CT molecular complexity index is 953. The summed E-state index contributed by atoms with van der Waals surface area (Å²) in [5.41, 5.74) is 2.63. The number of carbonyl (C=O) groups is 1. The number of aromatic nitrogens is 2. The van der Waals surface area contributed by atoms with Gasteiger partial charge in [0.15, 0.2) is 0 Å². The molecule has 2 aromatic heterocycles. The van der Waals surface area contributed by atoms with Crippen molar-refractivity contribution < 1.29 is 9.53 Å². The Balaban J connectivity index is 1.68. The second-order valence-corrected chi connectivity index (χ2v) is 7.88. The van der Waals surface area contributed by atoms with Crippen molar-refractivity contribution in [1.82, 2.24) is 9.97 Å². The molecule has 3 aromatic rings. The van der Waals surface area contributed by atoms with Gasteiger partial charge in [0.1, 0.15) is 16.5 Å². The third-order valence-electron chi connectivity index (χ3n) is 4.94.